The van der Waals surface area contributed by atoms with Crippen LogP contribution in [0.2, 0.25) is 0 Å². The smallest absolute Gasteiger partial charge is 0.336 e. The molecule has 31 heavy (non-hydrogen) atoms. The van der Waals surface area contributed by atoms with Gasteiger partial charge in [-0.05, 0) is 56.3 Å². The van der Waals surface area contributed by atoms with Crippen molar-refractivity contribution in [3.05, 3.63) is 89.7 Å². The second-order valence-corrected chi connectivity index (χ2v) is 6.94. The lowest BCUT2D eigenvalue weighted by Gasteiger charge is -2.10. The summed E-state index contributed by atoms with van der Waals surface area (Å²) >= 11 is 0. The third-order valence-electron chi connectivity index (χ3n) is 4.61. The van der Waals surface area contributed by atoms with Gasteiger partial charge in [0.05, 0.1) is 12.3 Å². The number of carbonyl (C=O) groups excluding carboxylic acids is 1. The van der Waals surface area contributed by atoms with E-state index in [9.17, 15) is 9.18 Å². The van der Waals surface area contributed by atoms with E-state index in [0.29, 0.717) is 34.9 Å². The maximum atomic E-state index is 13.8. The number of rotatable bonds is 6. The second kappa shape index (κ2) is 8.79. The molecule has 4 rings (SSSR count). The molecule has 0 fully saturated rings. The summed E-state index contributed by atoms with van der Waals surface area (Å²) < 4.78 is 20.8. The number of ether oxygens (including phenoxy) is 1. The van der Waals surface area contributed by atoms with Gasteiger partial charge in [-0.1, -0.05) is 35.9 Å². The number of aryl methyl sites for hydroxylation is 1. The summed E-state index contributed by atoms with van der Waals surface area (Å²) in [7, 11) is 0. The summed E-state index contributed by atoms with van der Waals surface area (Å²) in [5.74, 6) is -0.148. The maximum Gasteiger partial charge on any atom is 0.336 e. The van der Waals surface area contributed by atoms with Crippen molar-refractivity contribution in [2.24, 2.45) is 0 Å². The van der Waals surface area contributed by atoms with E-state index >= 15 is 0 Å². The van der Waals surface area contributed by atoms with Crippen LogP contribution >= 0.6 is 0 Å². The molecule has 0 unspecified atom stereocenters. The van der Waals surface area contributed by atoms with Crippen LogP contribution in [0.5, 0.6) is 6.01 Å². The number of halogens is 1. The Hall–Kier alpha value is -4.00. The van der Waals surface area contributed by atoms with E-state index < -0.39 is 0 Å². The minimum Gasteiger partial charge on any atom is -0.463 e. The molecular formula is C24H21FN4O2. The molecule has 0 saturated heterocycles. The van der Waals surface area contributed by atoms with Crippen LogP contribution in [-0.2, 0) is 0 Å². The predicted molar refractivity (Wildman–Crippen MR) is 117 cm³/mol. The van der Waals surface area contributed by atoms with Crippen LogP contribution in [0.1, 0.15) is 22.8 Å². The van der Waals surface area contributed by atoms with Crippen LogP contribution in [-0.4, -0.2) is 27.3 Å². The highest BCUT2D eigenvalue weighted by Crippen LogP contribution is 2.25. The molecule has 4 aromatic rings. The quantitative estimate of drug-likeness (QED) is 0.479. The van der Waals surface area contributed by atoms with Crippen molar-refractivity contribution < 1.29 is 13.9 Å². The molecule has 0 radical (unpaired) electrons. The fraction of sp³-hybridized carbons (Fsp3) is 0.125. The van der Waals surface area contributed by atoms with Crippen LogP contribution in [0.3, 0.4) is 0 Å². The Morgan fingerprint density at radius 2 is 1.84 bits per heavy atom. The van der Waals surface area contributed by atoms with E-state index in [-0.39, 0.29) is 17.7 Å². The van der Waals surface area contributed by atoms with Crippen molar-refractivity contribution in [2.45, 2.75) is 13.8 Å². The monoisotopic (exact) mass is 416 g/mol. The summed E-state index contributed by atoms with van der Waals surface area (Å²) in [6, 6.07) is 20.9. The molecule has 6 nitrogen and oxygen atoms in total. The molecule has 0 atom stereocenters. The zero-order valence-electron chi connectivity index (χ0n) is 17.2. The number of carbonyl (C=O) groups is 1. The number of hydrogen-bond donors (Lipinski definition) is 1. The molecule has 156 valence electrons. The maximum absolute atomic E-state index is 13.8. The Labute approximate surface area is 179 Å². The summed E-state index contributed by atoms with van der Waals surface area (Å²) in [6.45, 7) is 4.21. The molecule has 0 spiro atoms. The van der Waals surface area contributed by atoms with Crippen LogP contribution in [0.25, 0.3) is 17.1 Å². The largest absolute Gasteiger partial charge is 0.463 e. The van der Waals surface area contributed by atoms with Gasteiger partial charge in [0.15, 0.2) is 5.82 Å². The van der Waals surface area contributed by atoms with E-state index in [0.717, 1.165) is 5.56 Å². The van der Waals surface area contributed by atoms with Gasteiger partial charge in [0, 0.05) is 16.8 Å². The van der Waals surface area contributed by atoms with E-state index in [1.54, 1.807) is 47.1 Å². The molecule has 1 aromatic heterocycles. The van der Waals surface area contributed by atoms with Gasteiger partial charge in [0.1, 0.15) is 5.82 Å². The second-order valence-electron chi connectivity index (χ2n) is 6.94. The lowest BCUT2D eigenvalue weighted by Crippen LogP contribution is -2.12. The fourth-order valence-corrected chi connectivity index (χ4v) is 3.10. The molecule has 0 aliphatic rings. The van der Waals surface area contributed by atoms with Crippen molar-refractivity contribution in [3.63, 3.8) is 0 Å². The van der Waals surface area contributed by atoms with Gasteiger partial charge < -0.3 is 10.1 Å². The minimum atomic E-state index is -0.371. The molecule has 0 saturated carbocycles. The number of nitrogens with zero attached hydrogens (tertiary/aromatic N) is 3. The lowest BCUT2D eigenvalue weighted by atomic mass is 10.1. The molecular weight excluding hydrogens is 395 g/mol. The summed E-state index contributed by atoms with van der Waals surface area (Å²) in [5, 5.41) is 7.31. The van der Waals surface area contributed by atoms with E-state index in [2.05, 4.69) is 15.4 Å². The standard InChI is InChI=1S/C24H21FN4O2/c1-3-31-24-27-22(18-6-4-7-19(25)14-18)29(28-24)21-9-5-8-20(15-21)26-23(30)17-12-10-16(2)11-13-17/h4-15H,3H2,1-2H3,(H,26,30). The zero-order chi connectivity index (χ0) is 21.8. The lowest BCUT2D eigenvalue weighted by molar-refractivity contribution is 0.102. The number of benzene rings is 3. The molecule has 1 N–H and O–H groups in total. The zero-order valence-corrected chi connectivity index (χ0v) is 17.2. The van der Waals surface area contributed by atoms with Crippen LogP contribution in [0.15, 0.2) is 72.8 Å². The number of nitrogens with one attached hydrogen (secondary N) is 1. The molecule has 1 amide bonds. The number of hydrogen-bond acceptors (Lipinski definition) is 4. The number of aromatic nitrogens is 3. The first-order valence-electron chi connectivity index (χ1n) is 9.88. The van der Waals surface area contributed by atoms with Crippen molar-refractivity contribution in [2.75, 3.05) is 11.9 Å². The summed E-state index contributed by atoms with van der Waals surface area (Å²) in [4.78, 5) is 17.0. The predicted octanol–water partition coefficient (Wildman–Crippen LogP) is 5.03. The molecule has 1 heterocycles. The van der Waals surface area contributed by atoms with Gasteiger partial charge >= 0.3 is 6.01 Å². The highest BCUT2D eigenvalue weighted by Gasteiger charge is 2.16. The van der Waals surface area contributed by atoms with Crippen molar-refractivity contribution >= 4 is 11.6 Å². The first-order valence-corrected chi connectivity index (χ1v) is 9.88. The normalized spacial score (nSPS) is 10.7. The SMILES string of the molecule is CCOc1nc(-c2cccc(F)c2)n(-c2cccc(NC(=O)c3ccc(C)cc3)c2)n1. The molecule has 7 heteroatoms. The van der Waals surface area contributed by atoms with Gasteiger partial charge in [0.25, 0.3) is 5.91 Å². The molecule has 0 bridgehead atoms. The van der Waals surface area contributed by atoms with Crippen LogP contribution in [0, 0.1) is 12.7 Å². The number of amides is 1. The first kappa shape index (κ1) is 20.3. The van der Waals surface area contributed by atoms with Crippen LogP contribution in [0.4, 0.5) is 10.1 Å². The average molecular weight is 416 g/mol. The summed E-state index contributed by atoms with van der Waals surface area (Å²) in [6.07, 6.45) is 0. The summed E-state index contributed by atoms with van der Waals surface area (Å²) in [5.41, 5.74) is 3.46. The van der Waals surface area contributed by atoms with E-state index in [1.165, 1.54) is 12.1 Å². The van der Waals surface area contributed by atoms with Crippen molar-refractivity contribution in [1.29, 1.82) is 0 Å². The Bertz CT molecular complexity index is 1220. The average Bonchev–Trinajstić information content (AvgIpc) is 3.19. The molecule has 0 aliphatic carbocycles. The van der Waals surface area contributed by atoms with Gasteiger partial charge in [-0.2, -0.15) is 4.98 Å². The third-order valence-corrected chi connectivity index (χ3v) is 4.61. The van der Waals surface area contributed by atoms with Gasteiger partial charge in [-0.15, -0.1) is 5.10 Å². The highest BCUT2D eigenvalue weighted by molar-refractivity contribution is 6.04. The third kappa shape index (κ3) is 4.61. The van der Waals surface area contributed by atoms with Crippen molar-refractivity contribution in [3.8, 4) is 23.1 Å². The highest BCUT2D eigenvalue weighted by atomic mass is 19.1. The Kier molecular flexibility index (Phi) is 5.75. The molecule has 0 aliphatic heterocycles. The van der Waals surface area contributed by atoms with E-state index in [1.807, 2.05) is 32.0 Å². The van der Waals surface area contributed by atoms with Gasteiger partial charge in [-0.25, -0.2) is 9.07 Å². The van der Waals surface area contributed by atoms with E-state index in [4.69, 9.17) is 4.74 Å². The Balaban J connectivity index is 1.68. The fourth-order valence-electron chi connectivity index (χ4n) is 3.10. The van der Waals surface area contributed by atoms with Crippen molar-refractivity contribution in [1.82, 2.24) is 14.8 Å². The minimum absolute atomic E-state index is 0.191. The molecule has 3 aromatic carbocycles. The Morgan fingerprint density at radius 3 is 2.58 bits per heavy atom. The van der Waals surface area contributed by atoms with Gasteiger partial charge in [-0.3, -0.25) is 4.79 Å². The van der Waals surface area contributed by atoms with Gasteiger partial charge in [0.2, 0.25) is 0 Å². The van der Waals surface area contributed by atoms with Crippen LogP contribution < -0.4 is 10.1 Å². The Morgan fingerprint density at radius 1 is 1.06 bits per heavy atom. The number of anilines is 1. The topological polar surface area (TPSA) is 69.0 Å². The first-order chi connectivity index (χ1) is 15.0.